The molecule has 1 aromatic carbocycles. The average molecular weight is 222 g/mol. The van der Waals surface area contributed by atoms with Crippen LogP contribution in [0.2, 0.25) is 5.15 Å². The quantitative estimate of drug-likeness (QED) is 0.778. The molecule has 3 N–H and O–H groups in total. The van der Waals surface area contributed by atoms with Crippen LogP contribution in [0.25, 0.3) is 11.3 Å². The molecule has 78 valence electrons. The molecular weight excluding hydrogens is 210 g/mol. The molecule has 3 nitrogen and oxygen atoms in total. The number of aryl methyl sites for hydroxylation is 2. The molecule has 4 heteroatoms. The number of rotatable bonds is 1. The standard InChI is InChI=1S/C11H12ClN3/c1-6-3-4-7(2)8(5-6)9-10(12)15-11(13)14-9/h3-5H,1-2H3,(H3,13,14,15). The zero-order valence-electron chi connectivity index (χ0n) is 8.63. The van der Waals surface area contributed by atoms with E-state index in [4.69, 9.17) is 17.3 Å². The van der Waals surface area contributed by atoms with Crippen LogP contribution in [0, 0.1) is 13.8 Å². The minimum atomic E-state index is 0.343. The smallest absolute Gasteiger partial charge is 0.199 e. The van der Waals surface area contributed by atoms with Crippen LogP contribution in [0.1, 0.15) is 11.1 Å². The number of halogens is 1. The summed E-state index contributed by atoms with van der Waals surface area (Å²) in [6.45, 7) is 4.06. The molecule has 0 saturated heterocycles. The number of nitrogens with zero attached hydrogens (tertiary/aromatic N) is 1. The maximum Gasteiger partial charge on any atom is 0.199 e. The zero-order valence-corrected chi connectivity index (χ0v) is 9.39. The van der Waals surface area contributed by atoms with Crippen molar-refractivity contribution in [3.8, 4) is 11.3 Å². The van der Waals surface area contributed by atoms with E-state index in [0.717, 1.165) is 16.8 Å². The third-order valence-electron chi connectivity index (χ3n) is 2.33. The number of hydrogen-bond acceptors (Lipinski definition) is 2. The lowest BCUT2D eigenvalue weighted by atomic mass is 10.0. The minimum absolute atomic E-state index is 0.343. The fraction of sp³-hybridized carbons (Fsp3) is 0.182. The highest BCUT2D eigenvalue weighted by Crippen LogP contribution is 2.29. The Kier molecular flexibility index (Phi) is 2.40. The molecule has 0 aliphatic heterocycles. The van der Waals surface area contributed by atoms with E-state index < -0.39 is 0 Å². The first-order chi connectivity index (χ1) is 7.08. The molecule has 0 fully saturated rings. The van der Waals surface area contributed by atoms with Gasteiger partial charge in [-0.25, -0.2) is 4.98 Å². The number of nitrogen functional groups attached to an aromatic ring is 1. The third kappa shape index (κ3) is 1.83. The Morgan fingerprint density at radius 2 is 2.07 bits per heavy atom. The Morgan fingerprint density at radius 3 is 2.67 bits per heavy atom. The summed E-state index contributed by atoms with van der Waals surface area (Å²) in [6.07, 6.45) is 0. The molecule has 0 saturated carbocycles. The van der Waals surface area contributed by atoms with Gasteiger partial charge in [0.2, 0.25) is 0 Å². The highest BCUT2D eigenvalue weighted by Gasteiger charge is 2.11. The summed E-state index contributed by atoms with van der Waals surface area (Å²) < 4.78 is 0. The Hall–Kier alpha value is -1.48. The monoisotopic (exact) mass is 221 g/mol. The average Bonchev–Trinajstić information content (AvgIpc) is 2.50. The first-order valence-corrected chi connectivity index (χ1v) is 5.04. The van der Waals surface area contributed by atoms with Gasteiger partial charge in [0.15, 0.2) is 5.95 Å². The van der Waals surface area contributed by atoms with Gasteiger partial charge in [-0.3, -0.25) is 0 Å². The second-order valence-corrected chi connectivity index (χ2v) is 3.98. The highest BCUT2D eigenvalue weighted by atomic mass is 35.5. The maximum absolute atomic E-state index is 6.01. The summed E-state index contributed by atoms with van der Waals surface area (Å²) in [6, 6.07) is 6.16. The fourth-order valence-electron chi connectivity index (χ4n) is 1.54. The summed E-state index contributed by atoms with van der Waals surface area (Å²) in [4.78, 5) is 6.96. The van der Waals surface area contributed by atoms with Gasteiger partial charge in [-0.15, -0.1) is 0 Å². The Balaban J connectivity index is 2.62. The number of benzene rings is 1. The van der Waals surface area contributed by atoms with E-state index in [-0.39, 0.29) is 0 Å². The number of nitrogens with one attached hydrogen (secondary N) is 1. The van der Waals surface area contributed by atoms with Gasteiger partial charge in [-0.05, 0) is 25.5 Å². The zero-order chi connectivity index (χ0) is 11.0. The van der Waals surface area contributed by atoms with Crippen molar-refractivity contribution in [2.45, 2.75) is 13.8 Å². The summed E-state index contributed by atoms with van der Waals surface area (Å²) in [5.74, 6) is 0.343. The van der Waals surface area contributed by atoms with E-state index >= 15 is 0 Å². The van der Waals surface area contributed by atoms with Crippen molar-refractivity contribution < 1.29 is 0 Å². The van der Waals surface area contributed by atoms with E-state index in [0.29, 0.717) is 11.1 Å². The lowest BCUT2D eigenvalue weighted by Crippen LogP contribution is -1.87. The first kappa shape index (κ1) is 10.1. The van der Waals surface area contributed by atoms with E-state index in [9.17, 15) is 0 Å². The van der Waals surface area contributed by atoms with Crippen LogP contribution in [0.4, 0.5) is 5.95 Å². The van der Waals surface area contributed by atoms with Crippen LogP contribution in [-0.4, -0.2) is 9.97 Å². The van der Waals surface area contributed by atoms with Gasteiger partial charge in [-0.1, -0.05) is 29.3 Å². The topological polar surface area (TPSA) is 54.7 Å². The predicted molar refractivity (Wildman–Crippen MR) is 62.9 cm³/mol. The molecule has 1 heterocycles. The third-order valence-corrected chi connectivity index (χ3v) is 2.60. The lowest BCUT2D eigenvalue weighted by Gasteiger charge is -2.04. The summed E-state index contributed by atoms with van der Waals surface area (Å²) in [5, 5.41) is 0.487. The van der Waals surface area contributed by atoms with Crippen LogP contribution in [0.15, 0.2) is 18.2 Å². The van der Waals surface area contributed by atoms with Gasteiger partial charge in [-0.2, -0.15) is 0 Å². The molecule has 0 spiro atoms. The number of nitrogens with two attached hydrogens (primary N) is 1. The number of H-pyrrole nitrogens is 1. The largest absolute Gasteiger partial charge is 0.369 e. The SMILES string of the molecule is Cc1ccc(C)c(-c2nc(N)[nH]c2Cl)c1. The Labute approximate surface area is 93.3 Å². The van der Waals surface area contributed by atoms with Gasteiger partial charge >= 0.3 is 0 Å². The molecule has 0 aliphatic carbocycles. The molecule has 0 unspecified atom stereocenters. The fourth-order valence-corrected chi connectivity index (χ4v) is 1.78. The van der Waals surface area contributed by atoms with Gasteiger partial charge in [0.1, 0.15) is 10.8 Å². The highest BCUT2D eigenvalue weighted by molar-refractivity contribution is 6.32. The van der Waals surface area contributed by atoms with Crippen molar-refractivity contribution in [2.24, 2.45) is 0 Å². The van der Waals surface area contributed by atoms with Crippen molar-refractivity contribution in [1.82, 2.24) is 9.97 Å². The molecule has 0 amide bonds. The van der Waals surface area contributed by atoms with Crippen molar-refractivity contribution in [1.29, 1.82) is 0 Å². The number of hydrogen-bond donors (Lipinski definition) is 2. The Bertz CT molecular complexity index is 503. The summed E-state index contributed by atoms with van der Waals surface area (Å²) >= 11 is 6.01. The summed E-state index contributed by atoms with van der Waals surface area (Å²) in [7, 11) is 0. The second-order valence-electron chi connectivity index (χ2n) is 3.60. The molecule has 0 bridgehead atoms. The van der Waals surface area contributed by atoms with E-state index in [1.54, 1.807) is 0 Å². The molecule has 0 atom stereocenters. The van der Waals surface area contributed by atoms with E-state index in [1.165, 1.54) is 5.56 Å². The van der Waals surface area contributed by atoms with Crippen LogP contribution >= 0.6 is 11.6 Å². The molecule has 2 rings (SSSR count). The lowest BCUT2D eigenvalue weighted by molar-refractivity contribution is 1.31. The van der Waals surface area contributed by atoms with Crippen molar-refractivity contribution in [3.63, 3.8) is 0 Å². The van der Waals surface area contributed by atoms with Crippen LogP contribution in [0.5, 0.6) is 0 Å². The normalized spacial score (nSPS) is 10.6. The second kappa shape index (κ2) is 3.59. The number of aromatic nitrogens is 2. The Morgan fingerprint density at radius 1 is 1.33 bits per heavy atom. The molecule has 1 aromatic heterocycles. The molecule has 0 aliphatic rings. The van der Waals surface area contributed by atoms with Crippen LogP contribution < -0.4 is 5.73 Å². The van der Waals surface area contributed by atoms with Crippen molar-refractivity contribution in [3.05, 3.63) is 34.5 Å². The van der Waals surface area contributed by atoms with Crippen LogP contribution in [-0.2, 0) is 0 Å². The molecule has 2 aromatic rings. The van der Waals surface area contributed by atoms with Gasteiger partial charge in [0.25, 0.3) is 0 Å². The van der Waals surface area contributed by atoms with Crippen molar-refractivity contribution in [2.75, 3.05) is 5.73 Å². The minimum Gasteiger partial charge on any atom is -0.369 e. The van der Waals surface area contributed by atoms with Crippen molar-refractivity contribution >= 4 is 17.5 Å². The van der Waals surface area contributed by atoms with Gasteiger partial charge < -0.3 is 10.7 Å². The first-order valence-electron chi connectivity index (χ1n) is 4.66. The van der Waals surface area contributed by atoms with E-state index in [1.807, 2.05) is 19.9 Å². The predicted octanol–water partition coefficient (Wildman–Crippen LogP) is 2.93. The van der Waals surface area contributed by atoms with Crippen LogP contribution in [0.3, 0.4) is 0 Å². The maximum atomic E-state index is 6.01. The number of anilines is 1. The molecule has 15 heavy (non-hydrogen) atoms. The van der Waals surface area contributed by atoms with Gasteiger partial charge in [0, 0.05) is 5.56 Å². The number of imidazole rings is 1. The molecule has 0 radical (unpaired) electrons. The molecular formula is C11H12ClN3. The number of aromatic amines is 1. The van der Waals surface area contributed by atoms with Gasteiger partial charge in [0.05, 0.1) is 0 Å². The summed E-state index contributed by atoms with van der Waals surface area (Å²) in [5.41, 5.74) is 9.60. The van der Waals surface area contributed by atoms with E-state index in [2.05, 4.69) is 22.1 Å².